The van der Waals surface area contributed by atoms with Crippen molar-refractivity contribution in [3.63, 3.8) is 0 Å². The monoisotopic (exact) mass is 112 g/mol. The minimum absolute atomic E-state index is 0.0197. The maximum absolute atomic E-state index is 5.29. The number of rotatable bonds is 0. The standard InChI is InChI=1S/C6H8O2/c1-2-5-4-7-6(3-1)8-5/h1,3,5-6H,2,4H2. The molecule has 2 heterocycles. The van der Waals surface area contributed by atoms with Crippen LogP contribution >= 0.6 is 0 Å². The SMILES string of the molecule is C1=CC2OCC(C1)O2. The Morgan fingerprint density at radius 1 is 1.50 bits per heavy atom. The van der Waals surface area contributed by atoms with Crippen molar-refractivity contribution in [2.24, 2.45) is 0 Å². The highest BCUT2D eigenvalue weighted by atomic mass is 16.7. The Bertz CT molecular complexity index is 120. The van der Waals surface area contributed by atoms with Gasteiger partial charge >= 0.3 is 0 Å². The van der Waals surface area contributed by atoms with Gasteiger partial charge in [-0.05, 0) is 12.5 Å². The molecular weight excluding hydrogens is 104 g/mol. The molecule has 0 aromatic carbocycles. The topological polar surface area (TPSA) is 18.5 Å². The molecule has 0 N–H and O–H groups in total. The summed E-state index contributed by atoms with van der Waals surface area (Å²) in [4.78, 5) is 0. The second kappa shape index (κ2) is 1.57. The largest absolute Gasteiger partial charge is 0.346 e. The molecule has 2 rings (SSSR count). The quantitative estimate of drug-likeness (QED) is 0.429. The van der Waals surface area contributed by atoms with E-state index in [2.05, 4.69) is 6.08 Å². The van der Waals surface area contributed by atoms with Crippen molar-refractivity contribution < 1.29 is 9.47 Å². The van der Waals surface area contributed by atoms with E-state index in [4.69, 9.17) is 9.47 Å². The van der Waals surface area contributed by atoms with E-state index >= 15 is 0 Å². The Kier molecular flexibility index (Phi) is 0.889. The molecule has 1 fully saturated rings. The Labute approximate surface area is 48.1 Å². The van der Waals surface area contributed by atoms with Crippen LogP contribution in [-0.4, -0.2) is 19.0 Å². The third-order valence-corrected chi connectivity index (χ3v) is 1.47. The van der Waals surface area contributed by atoms with Gasteiger partial charge in [0, 0.05) is 0 Å². The average molecular weight is 112 g/mol. The van der Waals surface area contributed by atoms with Crippen LogP contribution in [0, 0.1) is 0 Å². The van der Waals surface area contributed by atoms with E-state index < -0.39 is 0 Å². The molecule has 2 aliphatic rings. The van der Waals surface area contributed by atoms with Crippen molar-refractivity contribution in [2.45, 2.75) is 18.8 Å². The van der Waals surface area contributed by atoms with Gasteiger partial charge in [-0.25, -0.2) is 0 Å². The highest BCUT2D eigenvalue weighted by Gasteiger charge is 2.25. The number of hydrogen-bond acceptors (Lipinski definition) is 2. The maximum atomic E-state index is 5.29. The molecular formula is C6H8O2. The lowest BCUT2D eigenvalue weighted by atomic mass is 10.2. The third-order valence-electron chi connectivity index (χ3n) is 1.47. The molecule has 2 heteroatoms. The molecule has 2 atom stereocenters. The second-order valence-electron chi connectivity index (χ2n) is 2.12. The van der Waals surface area contributed by atoms with Gasteiger partial charge < -0.3 is 9.47 Å². The second-order valence-corrected chi connectivity index (χ2v) is 2.12. The molecule has 0 radical (unpaired) electrons. The molecule has 1 saturated heterocycles. The summed E-state index contributed by atoms with van der Waals surface area (Å²) in [6.07, 6.45) is 5.44. The summed E-state index contributed by atoms with van der Waals surface area (Å²) in [7, 11) is 0. The van der Waals surface area contributed by atoms with Crippen LogP contribution in [0.2, 0.25) is 0 Å². The minimum Gasteiger partial charge on any atom is -0.346 e. The summed E-state index contributed by atoms with van der Waals surface area (Å²) in [6.45, 7) is 0.775. The van der Waals surface area contributed by atoms with Crippen molar-refractivity contribution >= 4 is 0 Å². The van der Waals surface area contributed by atoms with Crippen LogP contribution in [0.5, 0.6) is 0 Å². The minimum atomic E-state index is -0.0197. The Morgan fingerprint density at radius 2 is 2.50 bits per heavy atom. The molecule has 0 spiro atoms. The van der Waals surface area contributed by atoms with Gasteiger partial charge in [0.05, 0.1) is 12.7 Å². The van der Waals surface area contributed by atoms with Crippen LogP contribution in [0.25, 0.3) is 0 Å². The summed E-state index contributed by atoms with van der Waals surface area (Å²) in [5.74, 6) is 0. The lowest BCUT2D eigenvalue weighted by molar-refractivity contribution is -0.0247. The molecule has 0 aromatic heterocycles. The van der Waals surface area contributed by atoms with Gasteiger partial charge in [0.2, 0.25) is 0 Å². The van der Waals surface area contributed by atoms with Crippen LogP contribution in [0.15, 0.2) is 12.2 Å². The van der Waals surface area contributed by atoms with E-state index in [1.807, 2.05) is 6.08 Å². The molecule has 2 aliphatic heterocycles. The van der Waals surface area contributed by atoms with E-state index in [0.717, 1.165) is 13.0 Å². The van der Waals surface area contributed by atoms with Crippen molar-refractivity contribution in [2.75, 3.05) is 6.61 Å². The Hall–Kier alpha value is -0.340. The fraction of sp³-hybridized carbons (Fsp3) is 0.667. The van der Waals surface area contributed by atoms with Gasteiger partial charge in [0.15, 0.2) is 6.29 Å². The molecule has 0 saturated carbocycles. The lowest BCUT2D eigenvalue weighted by Gasteiger charge is -2.09. The Morgan fingerprint density at radius 3 is 3.25 bits per heavy atom. The first-order valence-electron chi connectivity index (χ1n) is 2.89. The Balaban J connectivity index is 2.17. The fourth-order valence-electron chi connectivity index (χ4n) is 1.04. The predicted molar refractivity (Wildman–Crippen MR) is 28.4 cm³/mol. The van der Waals surface area contributed by atoms with Crippen LogP contribution < -0.4 is 0 Å². The summed E-state index contributed by atoms with van der Waals surface area (Å²) >= 11 is 0. The van der Waals surface area contributed by atoms with Crippen molar-refractivity contribution in [1.82, 2.24) is 0 Å². The first-order valence-corrected chi connectivity index (χ1v) is 2.89. The van der Waals surface area contributed by atoms with Crippen molar-refractivity contribution in [3.8, 4) is 0 Å². The van der Waals surface area contributed by atoms with Gasteiger partial charge in [-0.2, -0.15) is 0 Å². The van der Waals surface area contributed by atoms with Gasteiger partial charge in [-0.3, -0.25) is 0 Å². The normalized spacial score (nSPS) is 43.0. The van der Waals surface area contributed by atoms with Crippen molar-refractivity contribution in [1.29, 1.82) is 0 Å². The van der Waals surface area contributed by atoms with Gasteiger partial charge in [0.25, 0.3) is 0 Å². The molecule has 0 amide bonds. The molecule has 2 unspecified atom stereocenters. The van der Waals surface area contributed by atoms with Crippen LogP contribution in [-0.2, 0) is 9.47 Å². The van der Waals surface area contributed by atoms with E-state index in [1.165, 1.54) is 0 Å². The molecule has 44 valence electrons. The van der Waals surface area contributed by atoms with E-state index in [-0.39, 0.29) is 6.29 Å². The summed E-state index contributed by atoms with van der Waals surface area (Å²) in [5.41, 5.74) is 0. The molecule has 0 aliphatic carbocycles. The highest BCUT2D eigenvalue weighted by molar-refractivity contribution is 4.95. The lowest BCUT2D eigenvalue weighted by Crippen LogP contribution is -2.13. The first-order chi connectivity index (χ1) is 3.95. The van der Waals surface area contributed by atoms with E-state index in [0.29, 0.717) is 6.10 Å². The fourth-order valence-corrected chi connectivity index (χ4v) is 1.04. The zero-order valence-corrected chi connectivity index (χ0v) is 4.54. The summed E-state index contributed by atoms with van der Waals surface area (Å²) in [6, 6.07) is 0. The third kappa shape index (κ3) is 0.572. The van der Waals surface area contributed by atoms with Gasteiger partial charge in [-0.1, -0.05) is 6.08 Å². The number of fused-ring (bicyclic) bond motifs is 2. The molecule has 0 aromatic rings. The van der Waals surface area contributed by atoms with Crippen molar-refractivity contribution in [3.05, 3.63) is 12.2 Å². The molecule has 8 heavy (non-hydrogen) atoms. The number of ether oxygens (including phenoxy) is 2. The predicted octanol–water partition coefficient (Wildman–Crippen LogP) is 0.688. The average Bonchev–Trinajstić information content (AvgIpc) is 2.12. The van der Waals surface area contributed by atoms with E-state index in [1.54, 1.807) is 0 Å². The summed E-state index contributed by atoms with van der Waals surface area (Å²) < 4.78 is 10.5. The highest BCUT2D eigenvalue weighted by Crippen LogP contribution is 2.20. The zero-order chi connectivity index (χ0) is 5.40. The first kappa shape index (κ1) is 4.53. The van der Waals surface area contributed by atoms with E-state index in [9.17, 15) is 0 Å². The van der Waals surface area contributed by atoms with Crippen LogP contribution in [0.4, 0.5) is 0 Å². The van der Waals surface area contributed by atoms with Crippen LogP contribution in [0.1, 0.15) is 6.42 Å². The van der Waals surface area contributed by atoms with Gasteiger partial charge in [-0.15, -0.1) is 0 Å². The maximum Gasteiger partial charge on any atom is 0.177 e. The molecule has 2 nitrogen and oxygen atoms in total. The zero-order valence-electron chi connectivity index (χ0n) is 4.54. The van der Waals surface area contributed by atoms with Crippen LogP contribution in [0.3, 0.4) is 0 Å². The smallest absolute Gasteiger partial charge is 0.177 e. The van der Waals surface area contributed by atoms with Gasteiger partial charge in [0.1, 0.15) is 0 Å². The summed E-state index contributed by atoms with van der Waals surface area (Å²) in [5, 5.41) is 0. The molecule has 2 bridgehead atoms. The number of hydrogen-bond donors (Lipinski definition) is 0.